The Labute approximate surface area is 67.3 Å². The highest BCUT2D eigenvalue weighted by Crippen LogP contribution is 2.15. The zero-order valence-corrected chi connectivity index (χ0v) is 6.64. The Balaban J connectivity index is 3.16. The molecule has 11 heavy (non-hydrogen) atoms. The van der Waals surface area contributed by atoms with E-state index in [1.165, 1.54) is 23.6 Å². The fourth-order valence-corrected chi connectivity index (χ4v) is 1.60. The first kappa shape index (κ1) is 7.94. The van der Waals surface area contributed by atoms with Crippen LogP contribution in [-0.4, -0.2) is 16.9 Å². The van der Waals surface area contributed by atoms with Crippen LogP contribution in [-0.2, 0) is 0 Å². The average molecular weight is 170 g/mol. The van der Waals surface area contributed by atoms with Gasteiger partial charge in [-0.2, -0.15) is 11.3 Å². The molecule has 0 spiro atoms. The van der Waals surface area contributed by atoms with Crippen LogP contribution in [0, 0.1) is 0 Å². The van der Waals surface area contributed by atoms with Gasteiger partial charge < -0.3 is 5.11 Å². The van der Waals surface area contributed by atoms with Crippen molar-refractivity contribution in [1.29, 1.82) is 0 Å². The van der Waals surface area contributed by atoms with Gasteiger partial charge in [0.1, 0.15) is 0 Å². The quantitative estimate of drug-likeness (QED) is 0.686. The van der Waals surface area contributed by atoms with Gasteiger partial charge >= 0.3 is 5.97 Å². The van der Waals surface area contributed by atoms with Crippen LogP contribution in [0.25, 0.3) is 0 Å². The molecule has 0 amide bonds. The maximum Gasteiger partial charge on any atom is 0.337 e. The molecule has 0 aliphatic heterocycles. The summed E-state index contributed by atoms with van der Waals surface area (Å²) in [5, 5.41) is 11.6. The Hall–Kier alpha value is -1.16. The smallest absolute Gasteiger partial charge is 0.337 e. The number of carbonyl (C=O) groups excluding carboxylic acids is 1. The molecule has 1 aromatic heterocycles. The van der Waals surface area contributed by atoms with Crippen molar-refractivity contribution >= 4 is 23.1 Å². The summed E-state index contributed by atoms with van der Waals surface area (Å²) >= 11 is 1.22. The third-order valence-electron chi connectivity index (χ3n) is 1.27. The van der Waals surface area contributed by atoms with Crippen LogP contribution in [0.1, 0.15) is 27.6 Å². The fourth-order valence-electron chi connectivity index (χ4n) is 0.735. The Morgan fingerprint density at radius 2 is 1.91 bits per heavy atom. The SMILES string of the molecule is CC(=O)c1cscc1C(=O)O. The first-order chi connectivity index (χ1) is 5.13. The lowest BCUT2D eigenvalue weighted by atomic mass is 10.1. The van der Waals surface area contributed by atoms with E-state index in [2.05, 4.69) is 0 Å². The molecule has 1 heterocycles. The largest absolute Gasteiger partial charge is 0.478 e. The van der Waals surface area contributed by atoms with Gasteiger partial charge in [0.15, 0.2) is 5.78 Å². The second-order valence-electron chi connectivity index (χ2n) is 2.06. The lowest BCUT2D eigenvalue weighted by molar-refractivity contribution is 0.0693. The van der Waals surface area contributed by atoms with Crippen molar-refractivity contribution in [3.05, 3.63) is 21.9 Å². The van der Waals surface area contributed by atoms with E-state index in [9.17, 15) is 9.59 Å². The summed E-state index contributed by atoms with van der Waals surface area (Å²) in [7, 11) is 0. The van der Waals surface area contributed by atoms with Crippen molar-refractivity contribution in [2.24, 2.45) is 0 Å². The molecule has 0 saturated heterocycles. The number of ketones is 1. The van der Waals surface area contributed by atoms with E-state index < -0.39 is 5.97 Å². The predicted octanol–water partition coefficient (Wildman–Crippen LogP) is 1.65. The van der Waals surface area contributed by atoms with Crippen LogP contribution in [0.4, 0.5) is 0 Å². The van der Waals surface area contributed by atoms with E-state index in [-0.39, 0.29) is 11.3 Å². The molecular weight excluding hydrogens is 164 g/mol. The first-order valence-corrected chi connectivity index (χ1v) is 3.87. The van der Waals surface area contributed by atoms with E-state index in [1.54, 1.807) is 5.38 Å². The highest BCUT2D eigenvalue weighted by molar-refractivity contribution is 7.08. The van der Waals surface area contributed by atoms with Crippen molar-refractivity contribution in [3.8, 4) is 0 Å². The van der Waals surface area contributed by atoms with Gasteiger partial charge in [0, 0.05) is 16.3 Å². The number of carboxylic acids is 1. The molecule has 1 aromatic rings. The third kappa shape index (κ3) is 1.46. The van der Waals surface area contributed by atoms with Gasteiger partial charge in [0.05, 0.1) is 5.56 Å². The Kier molecular flexibility index (Phi) is 2.05. The molecule has 3 nitrogen and oxygen atoms in total. The highest BCUT2D eigenvalue weighted by atomic mass is 32.1. The number of carboxylic acid groups (broad SMARTS) is 1. The van der Waals surface area contributed by atoms with Gasteiger partial charge in [-0.15, -0.1) is 0 Å². The highest BCUT2D eigenvalue weighted by Gasteiger charge is 2.13. The van der Waals surface area contributed by atoms with Gasteiger partial charge in [-0.25, -0.2) is 4.79 Å². The number of aromatic carboxylic acids is 1. The van der Waals surface area contributed by atoms with Crippen LogP contribution < -0.4 is 0 Å². The average Bonchev–Trinajstić information content (AvgIpc) is 2.32. The number of rotatable bonds is 2. The van der Waals surface area contributed by atoms with E-state index in [4.69, 9.17) is 5.11 Å². The standard InChI is InChI=1S/C7H6O3S/c1-4(8)5-2-11-3-6(5)7(9)10/h2-3H,1H3,(H,9,10). The van der Waals surface area contributed by atoms with Crippen molar-refractivity contribution in [1.82, 2.24) is 0 Å². The summed E-state index contributed by atoms with van der Waals surface area (Å²) in [6.07, 6.45) is 0. The minimum atomic E-state index is -1.04. The topological polar surface area (TPSA) is 54.4 Å². The lowest BCUT2D eigenvalue weighted by Gasteiger charge is -1.91. The van der Waals surface area contributed by atoms with Gasteiger partial charge in [0.2, 0.25) is 0 Å². The number of thiophene rings is 1. The number of carbonyl (C=O) groups is 2. The molecular formula is C7H6O3S. The van der Waals surface area contributed by atoms with E-state index >= 15 is 0 Å². The van der Waals surface area contributed by atoms with Gasteiger partial charge in [-0.1, -0.05) is 0 Å². The number of hydrogen-bond acceptors (Lipinski definition) is 3. The molecule has 0 saturated carbocycles. The summed E-state index contributed by atoms with van der Waals surface area (Å²) in [5.41, 5.74) is 0.394. The minimum absolute atomic E-state index is 0.0995. The third-order valence-corrected chi connectivity index (χ3v) is 2.02. The van der Waals surface area contributed by atoms with Crippen molar-refractivity contribution in [2.45, 2.75) is 6.92 Å². The molecule has 58 valence electrons. The van der Waals surface area contributed by atoms with Crippen LogP contribution in [0.3, 0.4) is 0 Å². The maximum atomic E-state index is 10.8. The molecule has 0 aliphatic rings. The molecule has 1 rings (SSSR count). The lowest BCUT2D eigenvalue weighted by Crippen LogP contribution is -2.01. The Bertz CT molecular complexity index is 272. The molecule has 0 bridgehead atoms. The van der Waals surface area contributed by atoms with Gasteiger partial charge in [0.25, 0.3) is 0 Å². The zero-order chi connectivity index (χ0) is 8.43. The Morgan fingerprint density at radius 3 is 2.27 bits per heavy atom. The monoisotopic (exact) mass is 170 g/mol. The molecule has 0 unspecified atom stereocenters. The normalized spacial score (nSPS) is 9.55. The van der Waals surface area contributed by atoms with Crippen LogP contribution >= 0.6 is 11.3 Å². The van der Waals surface area contributed by atoms with Crippen molar-refractivity contribution < 1.29 is 14.7 Å². The second-order valence-corrected chi connectivity index (χ2v) is 2.80. The van der Waals surface area contributed by atoms with Crippen molar-refractivity contribution in [2.75, 3.05) is 0 Å². The summed E-state index contributed by atoms with van der Waals surface area (Å²) in [4.78, 5) is 21.2. The predicted molar refractivity (Wildman–Crippen MR) is 41.3 cm³/mol. The van der Waals surface area contributed by atoms with E-state index in [1.807, 2.05) is 0 Å². The van der Waals surface area contributed by atoms with E-state index in [0.29, 0.717) is 5.56 Å². The van der Waals surface area contributed by atoms with Gasteiger partial charge in [-0.3, -0.25) is 4.79 Å². The minimum Gasteiger partial charge on any atom is -0.478 e. The summed E-state index contributed by atoms with van der Waals surface area (Å²) in [6.45, 7) is 1.36. The molecule has 0 aromatic carbocycles. The Morgan fingerprint density at radius 1 is 1.36 bits per heavy atom. The van der Waals surface area contributed by atoms with Crippen molar-refractivity contribution in [3.63, 3.8) is 0 Å². The zero-order valence-electron chi connectivity index (χ0n) is 5.83. The molecule has 0 aliphatic carbocycles. The van der Waals surface area contributed by atoms with Crippen LogP contribution in [0.15, 0.2) is 10.8 Å². The summed E-state index contributed by atoms with van der Waals surface area (Å²) in [5.74, 6) is -1.25. The molecule has 0 radical (unpaired) electrons. The number of hydrogen-bond donors (Lipinski definition) is 1. The second kappa shape index (κ2) is 2.84. The van der Waals surface area contributed by atoms with Crippen LogP contribution in [0.5, 0.6) is 0 Å². The maximum absolute atomic E-state index is 10.8. The summed E-state index contributed by atoms with van der Waals surface area (Å²) < 4.78 is 0. The molecule has 1 N–H and O–H groups in total. The molecule has 0 fully saturated rings. The number of Topliss-reactive ketones (excluding diaryl/α,β-unsaturated/α-hetero) is 1. The summed E-state index contributed by atoms with van der Waals surface area (Å²) in [6, 6.07) is 0. The molecule has 4 heteroatoms. The van der Waals surface area contributed by atoms with Crippen LogP contribution in [0.2, 0.25) is 0 Å². The van der Waals surface area contributed by atoms with E-state index in [0.717, 1.165) is 0 Å². The molecule has 0 atom stereocenters. The first-order valence-electron chi connectivity index (χ1n) is 2.93. The fraction of sp³-hybridized carbons (Fsp3) is 0.143. The van der Waals surface area contributed by atoms with Gasteiger partial charge in [-0.05, 0) is 6.92 Å².